The zero-order valence-corrected chi connectivity index (χ0v) is 10.1. The number of rotatable bonds is 4. The van der Waals surface area contributed by atoms with Gasteiger partial charge in [0.05, 0.1) is 23.3 Å². The average molecular weight is 255 g/mol. The van der Waals surface area contributed by atoms with Crippen LogP contribution in [0, 0.1) is 5.82 Å². The molecule has 17 heavy (non-hydrogen) atoms. The van der Waals surface area contributed by atoms with Gasteiger partial charge in [0.25, 0.3) is 0 Å². The lowest BCUT2D eigenvalue weighted by molar-refractivity contribution is 0.480. The molecule has 2 aromatic rings. The first-order chi connectivity index (χ1) is 8.22. The molecule has 0 atom stereocenters. The molecule has 0 aliphatic rings. The van der Waals surface area contributed by atoms with Gasteiger partial charge in [-0.05, 0) is 18.7 Å². The van der Waals surface area contributed by atoms with Gasteiger partial charge in [-0.25, -0.2) is 9.37 Å². The lowest BCUT2D eigenvalue weighted by Gasteiger charge is -2.01. The van der Waals surface area contributed by atoms with Crippen LogP contribution in [0.4, 0.5) is 4.39 Å². The predicted molar refractivity (Wildman–Crippen MR) is 64.3 cm³/mol. The largest absolute Gasteiger partial charge is 0.439 e. The zero-order chi connectivity index (χ0) is 12.3. The van der Waals surface area contributed by atoms with Crippen molar-refractivity contribution in [2.45, 2.75) is 13.5 Å². The maximum atomic E-state index is 13.6. The van der Waals surface area contributed by atoms with E-state index in [0.29, 0.717) is 23.2 Å². The van der Waals surface area contributed by atoms with E-state index in [9.17, 15) is 4.39 Å². The third-order valence-corrected chi connectivity index (χ3v) is 2.60. The highest BCUT2D eigenvalue weighted by Crippen LogP contribution is 2.30. The van der Waals surface area contributed by atoms with E-state index in [1.807, 2.05) is 6.92 Å². The average Bonchev–Trinajstić information content (AvgIpc) is 2.75. The van der Waals surface area contributed by atoms with E-state index in [1.165, 1.54) is 12.3 Å². The Morgan fingerprint density at radius 1 is 1.47 bits per heavy atom. The molecule has 0 bridgehead atoms. The minimum absolute atomic E-state index is 0.254. The molecule has 1 aromatic carbocycles. The highest BCUT2D eigenvalue weighted by atomic mass is 35.5. The number of aromatic nitrogens is 1. The molecule has 0 spiro atoms. The van der Waals surface area contributed by atoms with Crippen molar-refractivity contribution < 1.29 is 8.81 Å². The van der Waals surface area contributed by atoms with Gasteiger partial charge in [0.2, 0.25) is 5.89 Å². The van der Waals surface area contributed by atoms with Gasteiger partial charge in [-0.2, -0.15) is 0 Å². The lowest BCUT2D eigenvalue weighted by Crippen LogP contribution is -2.11. The fraction of sp³-hybridized carbons (Fsp3) is 0.250. The number of oxazole rings is 1. The maximum absolute atomic E-state index is 13.6. The standard InChI is InChI=1S/C12H12ClFN2O/c1-2-15-7-11-16-6-10(17-11)12-8(13)4-3-5-9(12)14/h3-6,15H,2,7H2,1H3. The number of benzene rings is 1. The minimum Gasteiger partial charge on any atom is -0.439 e. The highest BCUT2D eigenvalue weighted by molar-refractivity contribution is 6.33. The molecular formula is C12H12ClFN2O. The van der Waals surface area contributed by atoms with Gasteiger partial charge < -0.3 is 9.73 Å². The quantitative estimate of drug-likeness (QED) is 0.910. The second-order valence-corrected chi connectivity index (χ2v) is 3.90. The van der Waals surface area contributed by atoms with E-state index >= 15 is 0 Å². The van der Waals surface area contributed by atoms with Crippen LogP contribution in [0.25, 0.3) is 11.3 Å². The van der Waals surface area contributed by atoms with Crippen LogP contribution in [0.2, 0.25) is 5.02 Å². The predicted octanol–water partition coefficient (Wildman–Crippen LogP) is 3.24. The van der Waals surface area contributed by atoms with E-state index in [2.05, 4.69) is 10.3 Å². The van der Waals surface area contributed by atoms with Gasteiger partial charge in [-0.1, -0.05) is 24.6 Å². The molecule has 90 valence electrons. The smallest absolute Gasteiger partial charge is 0.208 e. The molecular weight excluding hydrogens is 243 g/mol. The summed E-state index contributed by atoms with van der Waals surface area (Å²) in [6.45, 7) is 3.32. The van der Waals surface area contributed by atoms with Crippen LogP contribution < -0.4 is 5.32 Å². The molecule has 0 aliphatic carbocycles. The van der Waals surface area contributed by atoms with Crippen LogP contribution >= 0.6 is 11.6 Å². The second kappa shape index (κ2) is 5.29. The first-order valence-corrected chi connectivity index (χ1v) is 5.70. The van der Waals surface area contributed by atoms with Crippen LogP contribution in [-0.4, -0.2) is 11.5 Å². The molecule has 1 aromatic heterocycles. The van der Waals surface area contributed by atoms with Crippen molar-refractivity contribution in [3.05, 3.63) is 41.1 Å². The maximum Gasteiger partial charge on any atom is 0.208 e. The molecule has 1 N–H and O–H groups in total. The molecule has 2 rings (SSSR count). The van der Waals surface area contributed by atoms with Crippen molar-refractivity contribution in [1.29, 1.82) is 0 Å². The Balaban J connectivity index is 2.30. The lowest BCUT2D eigenvalue weighted by atomic mass is 10.2. The Hall–Kier alpha value is -1.39. The fourth-order valence-electron chi connectivity index (χ4n) is 1.47. The Labute approximate surface area is 104 Å². The Morgan fingerprint density at radius 3 is 3.00 bits per heavy atom. The molecule has 5 heteroatoms. The molecule has 0 amide bonds. The SMILES string of the molecule is CCNCc1ncc(-c2c(F)cccc2Cl)o1. The fourth-order valence-corrected chi connectivity index (χ4v) is 1.73. The summed E-state index contributed by atoms with van der Waals surface area (Å²) in [5.41, 5.74) is 0.254. The van der Waals surface area contributed by atoms with Crippen LogP contribution in [0.1, 0.15) is 12.8 Å². The molecule has 0 unspecified atom stereocenters. The van der Waals surface area contributed by atoms with Crippen LogP contribution in [0.15, 0.2) is 28.8 Å². The van der Waals surface area contributed by atoms with Crippen molar-refractivity contribution >= 4 is 11.6 Å². The van der Waals surface area contributed by atoms with E-state index in [1.54, 1.807) is 12.1 Å². The summed E-state index contributed by atoms with van der Waals surface area (Å²) in [7, 11) is 0. The van der Waals surface area contributed by atoms with Crippen LogP contribution in [0.3, 0.4) is 0 Å². The molecule has 0 aliphatic heterocycles. The van der Waals surface area contributed by atoms with E-state index in [4.69, 9.17) is 16.0 Å². The number of nitrogens with zero attached hydrogens (tertiary/aromatic N) is 1. The van der Waals surface area contributed by atoms with Gasteiger partial charge >= 0.3 is 0 Å². The van der Waals surface area contributed by atoms with Crippen molar-refractivity contribution in [3.63, 3.8) is 0 Å². The normalized spacial score (nSPS) is 10.8. The van der Waals surface area contributed by atoms with E-state index in [-0.39, 0.29) is 5.56 Å². The van der Waals surface area contributed by atoms with Gasteiger partial charge in [-0.15, -0.1) is 0 Å². The topological polar surface area (TPSA) is 38.1 Å². The zero-order valence-electron chi connectivity index (χ0n) is 9.34. The summed E-state index contributed by atoms with van der Waals surface area (Å²) >= 11 is 5.93. The summed E-state index contributed by atoms with van der Waals surface area (Å²) in [4.78, 5) is 4.06. The summed E-state index contributed by atoms with van der Waals surface area (Å²) in [5, 5.41) is 3.39. The second-order valence-electron chi connectivity index (χ2n) is 3.50. The third-order valence-electron chi connectivity index (χ3n) is 2.29. The number of halogens is 2. The number of hydrogen-bond acceptors (Lipinski definition) is 3. The highest BCUT2D eigenvalue weighted by Gasteiger charge is 2.14. The summed E-state index contributed by atoms with van der Waals surface area (Å²) in [5.74, 6) is 0.450. The summed E-state index contributed by atoms with van der Waals surface area (Å²) < 4.78 is 19.0. The van der Waals surface area contributed by atoms with E-state index in [0.717, 1.165) is 6.54 Å². The third kappa shape index (κ3) is 2.65. The van der Waals surface area contributed by atoms with Gasteiger partial charge in [0.15, 0.2) is 5.76 Å². The monoisotopic (exact) mass is 254 g/mol. The number of nitrogens with one attached hydrogen (secondary N) is 1. The van der Waals surface area contributed by atoms with E-state index < -0.39 is 5.82 Å². The molecule has 0 fully saturated rings. The summed E-state index contributed by atoms with van der Waals surface area (Å²) in [6.07, 6.45) is 1.48. The molecule has 3 nitrogen and oxygen atoms in total. The molecule has 0 saturated heterocycles. The molecule has 0 saturated carbocycles. The van der Waals surface area contributed by atoms with Crippen molar-refractivity contribution in [2.75, 3.05) is 6.54 Å². The van der Waals surface area contributed by atoms with Crippen LogP contribution in [-0.2, 0) is 6.54 Å². The Kier molecular flexibility index (Phi) is 3.76. The van der Waals surface area contributed by atoms with Gasteiger partial charge in [0.1, 0.15) is 5.82 Å². The van der Waals surface area contributed by atoms with Gasteiger partial charge in [-0.3, -0.25) is 0 Å². The first kappa shape index (κ1) is 12.1. The summed E-state index contributed by atoms with van der Waals surface area (Å²) in [6, 6.07) is 4.51. The molecule has 1 heterocycles. The first-order valence-electron chi connectivity index (χ1n) is 5.32. The van der Waals surface area contributed by atoms with Crippen molar-refractivity contribution in [1.82, 2.24) is 10.3 Å². The molecule has 0 radical (unpaired) electrons. The van der Waals surface area contributed by atoms with Crippen molar-refractivity contribution in [3.8, 4) is 11.3 Å². The van der Waals surface area contributed by atoms with Crippen molar-refractivity contribution in [2.24, 2.45) is 0 Å². The Morgan fingerprint density at radius 2 is 2.29 bits per heavy atom. The Bertz CT molecular complexity index is 493. The minimum atomic E-state index is -0.413. The van der Waals surface area contributed by atoms with Gasteiger partial charge in [0, 0.05) is 0 Å². The van der Waals surface area contributed by atoms with Crippen LogP contribution in [0.5, 0.6) is 0 Å². The number of hydrogen-bond donors (Lipinski definition) is 1.